The van der Waals surface area contributed by atoms with Gasteiger partial charge in [-0.05, 0) is 75.0 Å². The van der Waals surface area contributed by atoms with E-state index in [0.717, 1.165) is 69.5 Å². The van der Waals surface area contributed by atoms with Crippen molar-refractivity contribution < 1.29 is 9.18 Å². The third-order valence-corrected chi connectivity index (χ3v) is 7.30. The number of halogens is 1. The van der Waals surface area contributed by atoms with Crippen molar-refractivity contribution in [3.63, 3.8) is 0 Å². The van der Waals surface area contributed by atoms with Crippen molar-refractivity contribution in [3.05, 3.63) is 65.0 Å². The van der Waals surface area contributed by atoms with Gasteiger partial charge < -0.3 is 4.90 Å². The molecule has 5 rings (SSSR count). The molecule has 1 amide bonds. The average Bonchev–Trinajstić information content (AvgIpc) is 2.96. The number of piperidine rings is 1. The monoisotopic (exact) mass is 392 g/mol. The fraction of sp³-hybridized carbons (Fsp3) is 0.480. The fourth-order valence-corrected chi connectivity index (χ4v) is 5.35. The molecule has 0 atom stereocenters. The molecule has 0 aromatic heterocycles. The lowest BCUT2D eigenvalue weighted by Gasteiger charge is -2.40. The highest BCUT2D eigenvalue weighted by Crippen LogP contribution is 2.48. The van der Waals surface area contributed by atoms with Crippen molar-refractivity contribution in [2.24, 2.45) is 5.92 Å². The summed E-state index contributed by atoms with van der Waals surface area (Å²) in [6.45, 7) is 5.77. The van der Waals surface area contributed by atoms with Crippen LogP contribution in [0.25, 0.3) is 0 Å². The first-order valence-corrected chi connectivity index (χ1v) is 10.9. The lowest BCUT2D eigenvalue weighted by Crippen LogP contribution is -2.47. The number of likely N-dealkylation sites (tertiary alicyclic amines) is 1. The molecule has 1 saturated heterocycles. The molecule has 2 fully saturated rings. The van der Waals surface area contributed by atoms with Gasteiger partial charge in [0, 0.05) is 30.1 Å². The van der Waals surface area contributed by atoms with Gasteiger partial charge in [-0.3, -0.25) is 9.69 Å². The van der Waals surface area contributed by atoms with E-state index in [0.29, 0.717) is 0 Å². The highest BCUT2D eigenvalue weighted by molar-refractivity contribution is 5.98. The Morgan fingerprint density at radius 3 is 2.62 bits per heavy atom. The predicted octanol–water partition coefficient (Wildman–Crippen LogP) is 4.81. The van der Waals surface area contributed by atoms with E-state index in [1.54, 1.807) is 6.07 Å². The van der Waals surface area contributed by atoms with Crippen LogP contribution in [0.4, 0.5) is 10.1 Å². The molecule has 2 aliphatic heterocycles. The van der Waals surface area contributed by atoms with Crippen molar-refractivity contribution in [3.8, 4) is 0 Å². The van der Waals surface area contributed by atoms with Gasteiger partial charge in [0.15, 0.2) is 0 Å². The van der Waals surface area contributed by atoms with Gasteiger partial charge in [0.05, 0.1) is 0 Å². The Kier molecular flexibility index (Phi) is 4.70. The molecule has 2 heterocycles. The Morgan fingerprint density at radius 2 is 1.93 bits per heavy atom. The van der Waals surface area contributed by atoms with E-state index in [-0.39, 0.29) is 23.1 Å². The van der Waals surface area contributed by atoms with Crippen molar-refractivity contribution in [2.45, 2.75) is 51.0 Å². The van der Waals surface area contributed by atoms with E-state index in [9.17, 15) is 9.18 Å². The van der Waals surface area contributed by atoms with E-state index >= 15 is 0 Å². The number of fused-ring (bicyclic) bond motifs is 2. The molecule has 3 aliphatic rings. The van der Waals surface area contributed by atoms with E-state index in [2.05, 4.69) is 36.1 Å². The minimum Gasteiger partial charge on any atom is -0.311 e. The van der Waals surface area contributed by atoms with Crippen LogP contribution in [-0.2, 0) is 16.8 Å². The average molecular weight is 393 g/mol. The van der Waals surface area contributed by atoms with E-state index < -0.39 is 0 Å². The number of carbonyl (C=O) groups is 1. The first-order chi connectivity index (χ1) is 14.0. The van der Waals surface area contributed by atoms with Crippen LogP contribution in [0.15, 0.2) is 42.5 Å². The summed E-state index contributed by atoms with van der Waals surface area (Å²) in [6.07, 6.45) is 5.11. The first kappa shape index (κ1) is 18.8. The SMILES string of the molecule is Cc1cccc(CN2CCC3(CC2)CN(C(=O)C2CCC2)c2ccc(F)cc23)c1. The first-order valence-electron chi connectivity index (χ1n) is 10.9. The number of amides is 1. The quantitative estimate of drug-likeness (QED) is 0.748. The van der Waals surface area contributed by atoms with Gasteiger partial charge >= 0.3 is 0 Å². The van der Waals surface area contributed by atoms with E-state index in [1.165, 1.54) is 17.2 Å². The summed E-state index contributed by atoms with van der Waals surface area (Å²) in [4.78, 5) is 17.5. The van der Waals surface area contributed by atoms with Gasteiger partial charge in [0.1, 0.15) is 5.82 Å². The Balaban J connectivity index is 1.35. The Hall–Kier alpha value is -2.20. The molecular weight excluding hydrogens is 363 g/mol. The molecule has 4 heteroatoms. The molecule has 0 radical (unpaired) electrons. The minimum atomic E-state index is -0.191. The van der Waals surface area contributed by atoms with Crippen molar-refractivity contribution >= 4 is 11.6 Å². The van der Waals surface area contributed by atoms with Crippen molar-refractivity contribution in [1.82, 2.24) is 4.90 Å². The van der Waals surface area contributed by atoms with Gasteiger partial charge in [-0.2, -0.15) is 0 Å². The molecule has 1 aliphatic carbocycles. The Morgan fingerprint density at radius 1 is 1.14 bits per heavy atom. The van der Waals surface area contributed by atoms with Crippen LogP contribution in [0.5, 0.6) is 0 Å². The summed E-state index contributed by atoms with van der Waals surface area (Å²) in [6, 6.07) is 13.7. The molecule has 2 aromatic rings. The summed E-state index contributed by atoms with van der Waals surface area (Å²) in [5, 5.41) is 0. The predicted molar refractivity (Wildman–Crippen MR) is 113 cm³/mol. The molecule has 0 N–H and O–H groups in total. The largest absolute Gasteiger partial charge is 0.311 e. The van der Waals surface area contributed by atoms with Crippen LogP contribution in [0.3, 0.4) is 0 Å². The normalized spacial score (nSPS) is 21.2. The number of hydrogen-bond acceptors (Lipinski definition) is 2. The Labute approximate surface area is 172 Å². The summed E-state index contributed by atoms with van der Waals surface area (Å²) < 4.78 is 14.2. The molecule has 3 nitrogen and oxygen atoms in total. The highest BCUT2D eigenvalue weighted by Gasteiger charge is 2.47. The van der Waals surface area contributed by atoms with Crippen LogP contribution in [0.1, 0.15) is 48.8 Å². The lowest BCUT2D eigenvalue weighted by molar-refractivity contribution is -0.124. The molecule has 2 aromatic carbocycles. The maximum Gasteiger partial charge on any atom is 0.230 e. The second-order valence-electron chi connectivity index (χ2n) is 9.26. The topological polar surface area (TPSA) is 23.6 Å². The maximum atomic E-state index is 14.2. The second-order valence-corrected chi connectivity index (χ2v) is 9.26. The molecule has 1 spiro atoms. The molecule has 152 valence electrons. The van der Waals surface area contributed by atoms with Crippen LogP contribution < -0.4 is 4.90 Å². The van der Waals surface area contributed by atoms with Crippen LogP contribution in [0, 0.1) is 18.7 Å². The number of hydrogen-bond donors (Lipinski definition) is 0. The van der Waals surface area contributed by atoms with Gasteiger partial charge in [-0.15, -0.1) is 0 Å². The number of nitrogens with zero attached hydrogens (tertiary/aromatic N) is 2. The molecule has 0 unspecified atom stereocenters. The zero-order valence-corrected chi connectivity index (χ0v) is 17.2. The molecule has 1 saturated carbocycles. The number of anilines is 1. The second kappa shape index (κ2) is 7.24. The number of rotatable bonds is 3. The molecule has 0 bridgehead atoms. The van der Waals surface area contributed by atoms with Crippen molar-refractivity contribution in [2.75, 3.05) is 24.5 Å². The van der Waals surface area contributed by atoms with Crippen molar-refractivity contribution in [1.29, 1.82) is 0 Å². The zero-order valence-electron chi connectivity index (χ0n) is 17.2. The smallest absolute Gasteiger partial charge is 0.230 e. The molecule has 29 heavy (non-hydrogen) atoms. The van der Waals surface area contributed by atoms with Crippen LogP contribution in [0.2, 0.25) is 0 Å². The van der Waals surface area contributed by atoms with Gasteiger partial charge in [0.2, 0.25) is 5.91 Å². The zero-order chi connectivity index (χ0) is 20.0. The fourth-order valence-electron chi connectivity index (χ4n) is 5.35. The van der Waals surface area contributed by atoms with Gasteiger partial charge in [0.25, 0.3) is 0 Å². The standard InChI is InChI=1S/C25H29FN2O/c1-18-4-2-5-19(14-18)16-27-12-10-25(11-13-27)17-28(24(29)20-6-3-7-20)23-9-8-21(26)15-22(23)25/h2,4-5,8-9,14-15,20H,3,6-7,10-13,16-17H2,1H3. The van der Waals surface area contributed by atoms with Crippen LogP contribution in [-0.4, -0.2) is 30.4 Å². The van der Waals surface area contributed by atoms with Gasteiger partial charge in [-0.1, -0.05) is 36.2 Å². The lowest BCUT2D eigenvalue weighted by atomic mass is 9.74. The highest BCUT2D eigenvalue weighted by atomic mass is 19.1. The number of benzene rings is 2. The molecular formula is C25H29FN2O. The van der Waals surface area contributed by atoms with Gasteiger partial charge in [-0.25, -0.2) is 4.39 Å². The summed E-state index contributed by atoms with van der Waals surface area (Å²) in [5.74, 6) is 0.232. The number of aryl methyl sites for hydroxylation is 1. The summed E-state index contributed by atoms with van der Waals surface area (Å²) in [7, 11) is 0. The van der Waals surface area contributed by atoms with Crippen LogP contribution >= 0.6 is 0 Å². The van der Waals surface area contributed by atoms with E-state index in [1.807, 2.05) is 11.0 Å². The third-order valence-electron chi connectivity index (χ3n) is 7.30. The Bertz CT molecular complexity index is 928. The number of carbonyl (C=O) groups excluding carboxylic acids is 1. The van der Waals surface area contributed by atoms with E-state index in [4.69, 9.17) is 0 Å². The third kappa shape index (κ3) is 3.38. The maximum absolute atomic E-state index is 14.2. The summed E-state index contributed by atoms with van der Waals surface area (Å²) in [5.41, 5.74) is 4.55. The summed E-state index contributed by atoms with van der Waals surface area (Å²) >= 11 is 0. The minimum absolute atomic E-state index is 0.0973.